The molecule has 0 saturated carbocycles. The summed E-state index contributed by atoms with van der Waals surface area (Å²) in [5, 5.41) is 2.73. The molecule has 2 aromatic carbocycles. The van der Waals surface area contributed by atoms with Crippen molar-refractivity contribution in [1.29, 1.82) is 0 Å². The summed E-state index contributed by atoms with van der Waals surface area (Å²) in [6.07, 6.45) is 0. The Morgan fingerprint density at radius 1 is 1.08 bits per heavy atom. The summed E-state index contributed by atoms with van der Waals surface area (Å²) in [5.74, 6) is 0.108. The van der Waals surface area contributed by atoms with Gasteiger partial charge in [0.2, 0.25) is 0 Å². The molecule has 0 aliphatic carbocycles. The molecule has 0 heterocycles. The van der Waals surface area contributed by atoms with E-state index < -0.39 is 5.97 Å². The van der Waals surface area contributed by atoms with Gasteiger partial charge in [0.05, 0.1) is 12.2 Å². The summed E-state index contributed by atoms with van der Waals surface area (Å²) in [7, 11) is 0. The Labute approximate surface area is 154 Å². The van der Waals surface area contributed by atoms with E-state index in [0.29, 0.717) is 30.4 Å². The summed E-state index contributed by atoms with van der Waals surface area (Å²) < 4.78 is 10.7. The highest BCUT2D eigenvalue weighted by atomic mass is 16.5. The molecule has 0 aromatic heterocycles. The van der Waals surface area contributed by atoms with E-state index in [-0.39, 0.29) is 12.5 Å². The Kier molecular flexibility index (Phi) is 7.21. The van der Waals surface area contributed by atoms with Gasteiger partial charge in [-0.05, 0) is 36.6 Å². The maximum absolute atomic E-state index is 12.1. The Hall–Kier alpha value is -2.82. The lowest BCUT2D eigenvalue weighted by molar-refractivity contribution is -0.124. The molecule has 2 aromatic rings. The second-order valence-corrected chi connectivity index (χ2v) is 6.57. The fraction of sp³-hybridized carbons (Fsp3) is 0.333. The van der Waals surface area contributed by atoms with Crippen LogP contribution in [0.3, 0.4) is 0 Å². The minimum absolute atomic E-state index is 0.318. The zero-order chi connectivity index (χ0) is 18.9. The van der Waals surface area contributed by atoms with Crippen molar-refractivity contribution < 1.29 is 19.1 Å². The van der Waals surface area contributed by atoms with Gasteiger partial charge in [-0.3, -0.25) is 4.79 Å². The molecule has 0 fully saturated rings. The molecule has 1 amide bonds. The number of nitrogens with one attached hydrogen (secondary N) is 1. The van der Waals surface area contributed by atoms with Crippen LogP contribution in [0.1, 0.15) is 35.3 Å². The lowest BCUT2D eigenvalue weighted by atomic mass is 10.1. The van der Waals surface area contributed by atoms with Gasteiger partial charge < -0.3 is 14.8 Å². The minimum Gasteiger partial charge on any atom is -0.493 e. The number of amides is 1. The number of ether oxygens (including phenoxy) is 2. The number of esters is 1. The fourth-order valence-electron chi connectivity index (χ4n) is 2.15. The van der Waals surface area contributed by atoms with Gasteiger partial charge in [0, 0.05) is 6.54 Å². The van der Waals surface area contributed by atoms with Crippen molar-refractivity contribution in [1.82, 2.24) is 5.32 Å². The van der Waals surface area contributed by atoms with Crippen LogP contribution >= 0.6 is 0 Å². The topological polar surface area (TPSA) is 64.6 Å². The molecule has 1 N–H and O–H groups in total. The number of carbonyl (C=O) groups excluding carboxylic acids is 2. The lowest BCUT2D eigenvalue weighted by Crippen LogP contribution is -2.28. The summed E-state index contributed by atoms with van der Waals surface area (Å²) in [6, 6.07) is 14.6. The molecule has 138 valence electrons. The molecule has 2 rings (SSSR count). The van der Waals surface area contributed by atoms with Crippen LogP contribution in [0.4, 0.5) is 0 Å². The molecule has 5 heteroatoms. The zero-order valence-corrected chi connectivity index (χ0v) is 15.5. The Morgan fingerprint density at radius 2 is 1.81 bits per heavy atom. The Balaban J connectivity index is 1.79. The molecule has 0 aliphatic rings. The molecular formula is C21H25NO4. The largest absolute Gasteiger partial charge is 0.493 e. The van der Waals surface area contributed by atoms with Gasteiger partial charge >= 0.3 is 5.97 Å². The van der Waals surface area contributed by atoms with E-state index in [1.807, 2.05) is 45.0 Å². The van der Waals surface area contributed by atoms with Gasteiger partial charge in [-0.1, -0.05) is 49.7 Å². The molecule has 5 nitrogen and oxygen atoms in total. The first-order valence-corrected chi connectivity index (χ1v) is 8.66. The highest BCUT2D eigenvalue weighted by Crippen LogP contribution is 2.15. The lowest BCUT2D eigenvalue weighted by Gasteiger charge is -2.10. The van der Waals surface area contributed by atoms with Crippen molar-refractivity contribution in [2.45, 2.75) is 27.3 Å². The van der Waals surface area contributed by atoms with E-state index in [1.165, 1.54) is 0 Å². The Morgan fingerprint density at radius 3 is 2.50 bits per heavy atom. The first kappa shape index (κ1) is 19.5. The zero-order valence-electron chi connectivity index (χ0n) is 15.5. The van der Waals surface area contributed by atoms with E-state index in [9.17, 15) is 9.59 Å². The van der Waals surface area contributed by atoms with E-state index >= 15 is 0 Å². The van der Waals surface area contributed by atoms with Crippen LogP contribution in [0.2, 0.25) is 0 Å². The number of aryl methyl sites for hydroxylation is 1. The molecule has 0 unspecified atom stereocenters. The summed E-state index contributed by atoms with van der Waals surface area (Å²) in [4.78, 5) is 23.9. The first-order chi connectivity index (χ1) is 12.4. The summed E-state index contributed by atoms with van der Waals surface area (Å²) in [6.45, 7) is 6.75. The van der Waals surface area contributed by atoms with Crippen LogP contribution in [-0.2, 0) is 16.1 Å². The predicted octanol–water partition coefficient (Wildman–Crippen LogP) is 3.50. The normalized spacial score (nSPS) is 10.5. The highest BCUT2D eigenvalue weighted by molar-refractivity contribution is 5.91. The SMILES string of the molecule is Cc1ccc(CNC(=O)COC(=O)c2cccc(OCC(C)C)c2)cc1. The monoisotopic (exact) mass is 355 g/mol. The van der Waals surface area contributed by atoms with Crippen LogP contribution in [0.5, 0.6) is 5.75 Å². The van der Waals surface area contributed by atoms with Crippen molar-refractivity contribution in [3.8, 4) is 5.75 Å². The van der Waals surface area contributed by atoms with Gasteiger partial charge in [-0.2, -0.15) is 0 Å². The van der Waals surface area contributed by atoms with Crippen LogP contribution in [0, 0.1) is 12.8 Å². The van der Waals surface area contributed by atoms with Gasteiger partial charge in [-0.25, -0.2) is 4.79 Å². The van der Waals surface area contributed by atoms with Crippen LogP contribution in [-0.4, -0.2) is 25.1 Å². The predicted molar refractivity (Wildman–Crippen MR) is 100 cm³/mol. The molecule has 0 aliphatic heterocycles. The third-order valence-corrected chi connectivity index (χ3v) is 3.60. The molecule has 0 bridgehead atoms. The Bertz CT molecular complexity index is 738. The van der Waals surface area contributed by atoms with Gasteiger partial charge in [0.25, 0.3) is 5.91 Å². The highest BCUT2D eigenvalue weighted by Gasteiger charge is 2.11. The molecule has 0 spiro atoms. The smallest absolute Gasteiger partial charge is 0.338 e. The molecule has 0 atom stereocenters. The molecular weight excluding hydrogens is 330 g/mol. The third-order valence-electron chi connectivity index (χ3n) is 3.60. The van der Waals surface area contributed by atoms with Crippen LogP contribution < -0.4 is 10.1 Å². The number of hydrogen-bond acceptors (Lipinski definition) is 4. The molecule has 0 radical (unpaired) electrons. The second-order valence-electron chi connectivity index (χ2n) is 6.57. The van der Waals surface area contributed by atoms with Crippen LogP contribution in [0.15, 0.2) is 48.5 Å². The fourth-order valence-corrected chi connectivity index (χ4v) is 2.15. The van der Waals surface area contributed by atoms with Gasteiger partial charge in [-0.15, -0.1) is 0 Å². The van der Waals surface area contributed by atoms with Crippen molar-refractivity contribution in [3.63, 3.8) is 0 Å². The third kappa shape index (κ3) is 6.59. The van der Waals surface area contributed by atoms with Gasteiger partial charge in [0.1, 0.15) is 5.75 Å². The number of hydrogen-bond donors (Lipinski definition) is 1. The minimum atomic E-state index is -0.550. The molecule has 0 saturated heterocycles. The number of benzene rings is 2. The average molecular weight is 355 g/mol. The quantitative estimate of drug-likeness (QED) is 0.736. The maximum atomic E-state index is 12.1. The van der Waals surface area contributed by atoms with Crippen molar-refractivity contribution >= 4 is 11.9 Å². The maximum Gasteiger partial charge on any atom is 0.338 e. The number of rotatable bonds is 8. The van der Waals surface area contributed by atoms with E-state index in [2.05, 4.69) is 5.32 Å². The van der Waals surface area contributed by atoms with E-state index in [0.717, 1.165) is 11.1 Å². The van der Waals surface area contributed by atoms with Crippen molar-refractivity contribution in [2.75, 3.05) is 13.2 Å². The molecule has 26 heavy (non-hydrogen) atoms. The van der Waals surface area contributed by atoms with Crippen molar-refractivity contribution in [3.05, 3.63) is 65.2 Å². The number of carbonyl (C=O) groups is 2. The van der Waals surface area contributed by atoms with Crippen LogP contribution in [0.25, 0.3) is 0 Å². The summed E-state index contributed by atoms with van der Waals surface area (Å²) >= 11 is 0. The van der Waals surface area contributed by atoms with E-state index in [1.54, 1.807) is 24.3 Å². The van der Waals surface area contributed by atoms with Crippen molar-refractivity contribution in [2.24, 2.45) is 5.92 Å². The van der Waals surface area contributed by atoms with E-state index in [4.69, 9.17) is 9.47 Å². The second kappa shape index (κ2) is 9.61. The average Bonchev–Trinajstić information content (AvgIpc) is 2.64. The first-order valence-electron chi connectivity index (χ1n) is 8.66. The van der Waals surface area contributed by atoms with Gasteiger partial charge in [0.15, 0.2) is 6.61 Å². The standard InChI is InChI=1S/C21H25NO4/c1-15(2)13-25-19-6-4-5-18(11-19)21(24)26-14-20(23)22-12-17-9-7-16(3)8-10-17/h4-11,15H,12-14H2,1-3H3,(H,22,23). The summed E-state index contributed by atoms with van der Waals surface area (Å²) in [5.41, 5.74) is 2.51.